The number of hydrogen-bond acceptors (Lipinski definition) is 2. The maximum absolute atomic E-state index is 14.4. The van der Waals surface area contributed by atoms with Crippen LogP contribution >= 0.6 is 0 Å². The summed E-state index contributed by atoms with van der Waals surface area (Å²) in [5.74, 6) is -6.42. The molecule has 1 N–H and O–H groups in total. The minimum Gasteiger partial charge on any atom is -0.304 e. The normalized spacial score (nSPS) is 13.0. The Labute approximate surface area is 167 Å². The Morgan fingerprint density at radius 1 is 0.967 bits per heavy atom. The van der Waals surface area contributed by atoms with E-state index in [0.29, 0.717) is 0 Å². The van der Waals surface area contributed by atoms with Crippen LogP contribution < -0.4 is 5.32 Å². The number of halogens is 6. The highest BCUT2D eigenvalue weighted by Crippen LogP contribution is 2.38. The minimum absolute atomic E-state index is 0.0312. The number of anilines is 1. The maximum atomic E-state index is 14.4. The van der Waals surface area contributed by atoms with Gasteiger partial charge >= 0.3 is 12.1 Å². The summed E-state index contributed by atoms with van der Waals surface area (Å²) in [6, 6.07) is 6.10. The molecule has 3 rings (SSSR count). The molecule has 1 aromatic carbocycles. The Balaban J connectivity index is 2.13. The molecule has 4 nitrogen and oxygen atoms in total. The second-order valence-corrected chi connectivity index (χ2v) is 7.74. The molecular weight excluding hydrogens is 412 g/mol. The largest absolute Gasteiger partial charge is 0.416 e. The third kappa shape index (κ3) is 3.86. The minimum atomic E-state index is -4.57. The zero-order chi connectivity index (χ0) is 22.5. The molecule has 0 atom stereocenters. The van der Waals surface area contributed by atoms with Crippen LogP contribution in [-0.4, -0.2) is 21.2 Å². The van der Waals surface area contributed by atoms with E-state index in [9.17, 15) is 31.1 Å². The topological polar surface area (TPSA) is 46.4 Å². The van der Waals surface area contributed by atoms with Gasteiger partial charge < -0.3 is 5.32 Å². The van der Waals surface area contributed by atoms with Crippen molar-refractivity contribution in [3.63, 3.8) is 0 Å². The van der Waals surface area contributed by atoms with Crippen molar-refractivity contribution >= 4 is 17.4 Å². The van der Waals surface area contributed by atoms with E-state index in [1.807, 2.05) is 5.32 Å². The number of hydrogen-bond donors (Lipinski definition) is 1. The number of rotatable bonds is 3. The third-order valence-electron chi connectivity index (χ3n) is 4.53. The lowest BCUT2D eigenvalue weighted by molar-refractivity contribution is -0.156. The number of pyridine rings is 1. The highest BCUT2D eigenvalue weighted by molar-refractivity contribution is 5.99. The molecule has 0 aliphatic carbocycles. The first kappa shape index (κ1) is 21.7. The van der Waals surface area contributed by atoms with Crippen LogP contribution in [0.15, 0.2) is 42.6 Å². The summed E-state index contributed by atoms with van der Waals surface area (Å²) in [5, 5.41) is 2.04. The van der Waals surface area contributed by atoms with Crippen molar-refractivity contribution in [3.05, 3.63) is 54.0 Å². The van der Waals surface area contributed by atoms with E-state index in [0.717, 1.165) is 36.5 Å². The Morgan fingerprint density at radius 2 is 1.57 bits per heavy atom. The van der Waals surface area contributed by atoms with Gasteiger partial charge in [0.25, 0.3) is 5.91 Å². The Morgan fingerprint density at radius 3 is 2.10 bits per heavy atom. The molecule has 0 unspecified atom stereocenters. The highest BCUT2D eigenvalue weighted by Gasteiger charge is 2.50. The van der Waals surface area contributed by atoms with Crippen molar-refractivity contribution in [3.8, 4) is 11.3 Å². The zero-order valence-electron chi connectivity index (χ0n) is 16.1. The first-order valence-electron chi connectivity index (χ1n) is 8.76. The zero-order valence-corrected chi connectivity index (χ0v) is 16.1. The van der Waals surface area contributed by atoms with E-state index in [4.69, 9.17) is 0 Å². The SMILES string of the molecule is CC(C)(C)C(F)(F)C(=O)Nc1nc2ccc(F)cn2c1-c1ccc(C(F)(F)F)cc1. The van der Waals surface area contributed by atoms with Gasteiger partial charge in [-0.05, 0) is 24.3 Å². The molecule has 2 heterocycles. The monoisotopic (exact) mass is 429 g/mol. The van der Waals surface area contributed by atoms with Gasteiger partial charge in [0.15, 0.2) is 5.82 Å². The summed E-state index contributed by atoms with van der Waals surface area (Å²) in [5.41, 5.74) is -2.42. The van der Waals surface area contributed by atoms with Crippen LogP contribution in [0, 0.1) is 11.2 Å². The molecule has 0 radical (unpaired) electrons. The summed E-state index contributed by atoms with van der Waals surface area (Å²) >= 11 is 0. The number of amides is 1. The molecular formula is C20H17F6N3O. The molecule has 0 aliphatic heterocycles. The van der Waals surface area contributed by atoms with Gasteiger partial charge in [-0.3, -0.25) is 9.20 Å². The average molecular weight is 429 g/mol. The van der Waals surface area contributed by atoms with Gasteiger partial charge in [0, 0.05) is 17.2 Å². The Hall–Kier alpha value is -3.04. The summed E-state index contributed by atoms with van der Waals surface area (Å²) in [4.78, 5) is 16.3. The molecule has 0 aliphatic rings. The molecule has 0 spiro atoms. The van der Waals surface area contributed by atoms with Gasteiger partial charge in [-0.25, -0.2) is 9.37 Å². The van der Waals surface area contributed by atoms with Gasteiger partial charge in [-0.2, -0.15) is 22.0 Å². The van der Waals surface area contributed by atoms with E-state index >= 15 is 0 Å². The summed E-state index contributed by atoms with van der Waals surface area (Å²) in [7, 11) is 0. The first-order valence-corrected chi connectivity index (χ1v) is 8.76. The molecule has 160 valence electrons. The Kier molecular flexibility index (Phi) is 5.08. The molecule has 10 heteroatoms. The molecule has 1 amide bonds. The van der Waals surface area contributed by atoms with Gasteiger partial charge in [0.05, 0.1) is 11.3 Å². The van der Waals surface area contributed by atoms with E-state index in [2.05, 4.69) is 4.98 Å². The smallest absolute Gasteiger partial charge is 0.304 e. The molecule has 0 saturated carbocycles. The fourth-order valence-corrected chi connectivity index (χ4v) is 2.73. The van der Waals surface area contributed by atoms with Crippen LogP contribution in [0.5, 0.6) is 0 Å². The molecule has 3 aromatic rings. The number of carbonyl (C=O) groups is 1. The van der Waals surface area contributed by atoms with Crippen LogP contribution in [0.25, 0.3) is 16.9 Å². The summed E-state index contributed by atoms with van der Waals surface area (Å²) < 4.78 is 82.3. The number of nitrogens with zero attached hydrogens (tertiary/aromatic N) is 2. The van der Waals surface area contributed by atoms with E-state index in [1.165, 1.54) is 31.2 Å². The average Bonchev–Trinajstić information content (AvgIpc) is 2.97. The van der Waals surface area contributed by atoms with Crippen molar-refractivity contribution in [2.75, 3.05) is 5.32 Å². The molecule has 0 bridgehead atoms. The van der Waals surface area contributed by atoms with Crippen LogP contribution in [0.4, 0.5) is 32.2 Å². The predicted octanol–water partition coefficient (Wildman–Crippen LogP) is 5.78. The lowest BCUT2D eigenvalue weighted by Gasteiger charge is -2.28. The van der Waals surface area contributed by atoms with Crippen LogP contribution in [-0.2, 0) is 11.0 Å². The van der Waals surface area contributed by atoms with Crippen molar-refractivity contribution in [1.82, 2.24) is 9.38 Å². The van der Waals surface area contributed by atoms with E-state index in [-0.39, 0.29) is 22.7 Å². The lowest BCUT2D eigenvalue weighted by Crippen LogP contribution is -2.45. The second kappa shape index (κ2) is 7.03. The number of carbonyl (C=O) groups excluding carboxylic acids is 1. The lowest BCUT2D eigenvalue weighted by atomic mass is 9.87. The van der Waals surface area contributed by atoms with Gasteiger partial charge in [0.2, 0.25) is 0 Å². The van der Waals surface area contributed by atoms with Gasteiger partial charge in [-0.1, -0.05) is 32.9 Å². The summed E-state index contributed by atoms with van der Waals surface area (Å²) in [6.07, 6.45) is -3.58. The Bertz CT molecular complexity index is 1090. The molecule has 30 heavy (non-hydrogen) atoms. The molecule has 2 aromatic heterocycles. The van der Waals surface area contributed by atoms with Crippen molar-refractivity contribution in [1.29, 1.82) is 0 Å². The molecule has 0 fully saturated rings. The number of nitrogens with one attached hydrogen (secondary N) is 1. The van der Waals surface area contributed by atoms with Crippen molar-refractivity contribution in [2.24, 2.45) is 5.41 Å². The fraction of sp³-hybridized carbons (Fsp3) is 0.300. The highest BCUT2D eigenvalue weighted by atomic mass is 19.4. The number of aromatic nitrogens is 2. The standard InChI is InChI=1S/C20H17F6N3O/c1-18(2,3)19(22,23)17(30)28-16-15(29-10-13(21)8-9-14(29)27-16)11-4-6-12(7-5-11)20(24,25)26/h4-10H,1-3H3,(H,28,30). The van der Waals surface area contributed by atoms with E-state index in [1.54, 1.807) is 0 Å². The second-order valence-electron chi connectivity index (χ2n) is 7.74. The van der Waals surface area contributed by atoms with Gasteiger partial charge in [-0.15, -0.1) is 0 Å². The van der Waals surface area contributed by atoms with Crippen LogP contribution in [0.3, 0.4) is 0 Å². The van der Waals surface area contributed by atoms with Crippen molar-refractivity contribution in [2.45, 2.75) is 32.9 Å². The number of fused-ring (bicyclic) bond motifs is 1. The quantitative estimate of drug-likeness (QED) is 0.537. The maximum Gasteiger partial charge on any atom is 0.416 e. The van der Waals surface area contributed by atoms with Crippen LogP contribution in [0.1, 0.15) is 26.3 Å². The summed E-state index contributed by atoms with van der Waals surface area (Å²) in [6.45, 7) is 3.55. The van der Waals surface area contributed by atoms with Crippen LogP contribution in [0.2, 0.25) is 0 Å². The number of benzene rings is 1. The first-order chi connectivity index (χ1) is 13.7. The molecule has 0 saturated heterocycles. The predicted molar refractivity (Wildman–Crippen MR) is 98.6 cm³/mol. The van der Waals surface area contributed by atoms with Gasteiger partial charge in [0.1, 0.15) is 11.5 Å². The fourth-order valence-electron chi connectivity index (χ4n) is 2.73. The number of alkyl halides is 5. The third-order valence-corrected chi connectivity index (χ3v) is 4.53. The van der Waals surface area contributed by atoms with E-state index < -0.39 is 34.8 Å². The number of imidazole rings is 1. The van der Waals surface area contributed by atoms with Crippen molar-refractivity contribution < 1.29 is 31.1 Å².